The lowest BCUT2D eigenvalue weighted by molar-refractivity contribution is -0.113. The second kappa shape index (κ2) is 8.50. The molecule has 3 aromatic rings. The Morgan fingerprint density at radius 1 is 1.22 bits per heavy atom. The van der Waals surface area contributed by atoms with Gasteiger partial charge in [0.25, 0.3) is 5.56 Å². The highest BCUT2D eigenvalue weighted by Gasteiger charge is 2.12. The molecule has 6 nitrogen and oxygen atoms in total. The number of nitrogens with one attached hydrogen (secondary N) is 1. The number of benzene rings is 2. The predicted molar refractivity (Wildman–Crippen MR) is 102 cm³/mol. The number of methoxy groups -OCH3 is 1. The number of rotatable bonds is 6. The molecular formula is C19H16FN3O3S. The Bertz CT molecular complexity index is 1010. The average molecular weight is 385 g/mol. The van der Waals surface area contributed by atoms with Crippen LogP contribution >= 0.6 is 11.8 Å². The van der Waals surface area contributed by atoms with E-state index in [0.29, 0.717) is 17.1 Å². The molecule has 1 N–H and O–H groups in total. The van der Waals surface area contributed by atoms with Gasteiger partial charge in [-0.05, 0) is 36.4 Å². The minimum Gasteiger partial charge on any atom is -0.495 e. The van der Waals surface area contributed by atoms with E-state index in [9.17, 15) is 14.0 Å². The van der Waals surface area contributed by atoms with Crippen LogP contribution in [0.3, 0.4) is 0 Å². The Kier molecular flexibility index (Phi) is 5.87. The van der Waals surface area contributed by atoms with Crippen LogP contribution in [-0.4, -0.2) is 28.3 Å². The SMILES string of the molecule is COc1ccccc1NC(=O)CSc1nccn(-c2ccc(F)cc2)c1=O. The lowest BCUT2D eigenvalue weighted by Gasteiger charge is -2.10. The molecule has 3 rings (SSSR count). The second-order valence-electron chi connectivity index (χ2n) is 5.42. The molecule has 0 radical (unpaired) electrons. The number of para-hydroxylation sites is 2. The van der Waals surface area contributed by atoms with E-state index in [1.54, 1.807) is 24.3 Å². The summed E-state index contributed by atoms with van der Waals surface area (Å²) < 4.78 is 19.6. The van der Waals surface area contributed by atoms with Crippen molar-refractivity contribution in [2.75, 3.05) is 18.2 Å². The summed E-state index contributed by atoms with van der Waals surface area (Å²) in [5.41, 5.74) is 0.693. The van der Waals surface area contributed by atoms with Gasteiger partial charge in [0.05, 0.1) is 18.6 Å². The molecule has 1 heterocycles. The maximum atomic E-state index is 13.1. The molecule has 27 heavy (non-hydrogen) atoms. The predicted octanol–water partition coefficient (Wildman–Crippen LogP) is 3.11. The molecule has 0 unspecified atom stereocenters. The maximum Gasteiger partial charge on any atom is 0.287 e. The standard InChI is InChI=1S/C19H16FN3O3S/c1-26-16-5-3-2-4-15(16)22-17(24)12-27-18-19(25)23(11-10-21-18)14-8-6-13(20)7-9-14/h2-11H,12H2,1H3,(H,22,24). The van der Waals surface area contributed by atoms with E-state index in [1.165, 1.54) is 48.3 Å². The van der Waals surface area contributed by atoms with Crippen molar-refractivity contribution < 1.29 is 13.9 Å². The van der Waals surface area contributed by atoms with Crippen molar-refractivity contribution in [2.45, 2.75) is 5.03 Å². The molecule has 138 valence electrons. The van der Waals surface area contributed by atoms with Crippen LogP contribution in [0, 0.1) is 5.82 Å². The van der Waals surface area contributed by atoms with E-state index in [-0.39, 0.29) is 28.1 Å². The van der Waals surface area contributed by atoms with Gasteiger partial charge < -0.3 is 10.1 Å². The van der Waals surface area contributed by atoms with Crippen LogP contribution in [0.15, 0.2) is 70.7 Å². The van der Waals surface area contributed by atoms with Crippen LogP contribution in [0.25, 0.3) is 5.69 Å². The number of ether oxygens (including phenoxy) is 1. The van der Waals surface area contributed by atoms with Crippen molar-refractivity contribution in [2.24, 2.45) is 0 Å². The van der Waals surface area contributed by atoms with Gasteiger partial charge in [-0.3, -0.25) is 14.2 Å². The first-order valence-corrected chi connectivity index (χ1v) is 8.96. The van der Waals surface area contributed by atoms with Gasteiger partial charge in [-0.15, -0.1) is 0 Å². The number of hydrogen-bond acceptors (Lipinski definition) is 5. The molecule has 0 aliphatic heterocycles. The number of amides is 1. The van der Waals surface area contributed by atoms with Gasteiger partial charge in [0.2, 0.25) is 5.91 Å². The number of halogens is 1. The largest absolute Gasteiger partial charge is 0.495 e. The summed E-state index contributed by atoms with van der Waals surface area (Å²) in [7, 11) is 1.52. The Balaban J connectivity index is 1.71. The number of nitrogens with zero attached hydrogens (tertiary/aromatic N) is 2. The molecule has 0 saturated heterocycles. The molecule has 0 bridgehead atoms. The second-order valence-corrected chi connectivity index (χ2v) is 6.39. The quantitative estimate of drug-likeness (QED) is 0.660. The summed E-state index contributed by atoms with van der Waals surface area (Å²) in [6, 6.07) is 12.6. The van der Waals surface area contributed by atoms with E-state index in [1.807, 2.05) is 0 Å². The Morgan fingerprint density at radius 2 is 1.96 bits per heavy atom. The first kappa shape index (κ1) is 18.7. The highest BCUT2D eigenvalue weighted by atomic mass is 32.2. The number of carbonyl (C=O) groups is 1. The normalized spacial score (nSPS) is 10.4. The monoisotopic (exact) mass is 385 g/mol. The molecule has 0 fully saturated rings. The van der Waals surface area contributed by atoms with Crippen molar-refractivity contribution >= 4 is 23.4 Å². The minimum absolute atomic E-state index is 0.00766. The summed E-state index contributed by atoms with van der Waals surface area (Å²) >= 11 is 1.03. The highest BCUT2D eigenvalue weighted by molar-refractivity contribution is 7.99. The molecular weight excluding hydrogens is 369 g/mol. The van der Waals surface area contributed by atoms with Crippen molar-refractivity contribution in [1.29, 1.82) is 0 Å². The number of hydrogen-bond donors (Lipinski definition) is 1. The maximum absolute atomic E-state index is 13.1. The van der Waals surface area contributed by atoms with Crippen LogP contribution in [0.2, 0.25) is 0 Å². The summed E-state index contributed by atoms with van der Waals surface area (Å²) in [6.45, 7) is 0. The van der Waals surface area contributed by atoms with Crippen molar-refractivity contribution in [3.63, 3.8) is 0 Å². The highest BCUT2D eigenvalue weighted by Crippen LogP contribution is 2.23. The van der Waals surface area contributed by atoms with Crippen molar-refractivity contribution in [3.05, 3.63) is 77.1 Å². The zero-order chi connectivity index (χ0) is 19.2. The van der Waals surface area contributed by atoms with Crippen molar-refractivity contribution in [3.8, 4) is 11.4 Å². The smallest absolute Gasteiger partial charge is 0.287 e. The molecule has 0 atom stereocenters. The van der Waals surface area contributed by atoms with Crippen LogP contribution < -0.4 is 15.6 Å². The zero-order valence-electron chi connectivity index (χ0n) is 14.4. The first-order chi connectivity index (χ1) is 13.1. The molecule has 1 amide bonds. The van der Waals surface area contributed by atoms with Gasteiger partial charge in [0, 0.05) is 18.1 Å². The van der Waals surface area contributed by atoms with Crippen LogP contribution in [0.1, 0.15) is 0 Å². The van der Waals surface area contributed by atoms with Gasteiger partial charge in [0.1, 0.15) is 11.6 Å². The topological polar surface area (TPSA) is 73.2 Å². The van der Waals surface area contributed by atoms with E-state index in [2.05, 4.69) is 10.3 Å². The Hall–Kier alpha value is -3.13. The summed E-state index contributed by atoms with van der Waals surface area (Å²) in [5, 5.41) is 2.92. The van der Waals surface area contributed by atoms with Gasteiger partial charge in [0.15, 0.2) is 5.03 Å². The van der Waals surface area contributed by atoms with Gasteiger partial charge in [-0.25, -0.2) is 9.37 Å². The summed E-state index contributed by atoms with van der Waals surface area (Å²) in [6.07, 6.45) is 2.96. The summed E-state index contributed by atoms with van der Waals surface area (Å²) in [4.78, 5) is 28.8. The molecule has 0 aliphatic carbocycles. The fraction of sp³-hybridized carbons (Fsp3) is 0.105. The van der Waals surface area contributed by atoms with E-state index in [4.69, 9.17) is 4.74 Å². The van der Waals surface area contributed by atoms with Gasteiger partial charge in [-0.1, -0.05) is 23.9 Å². The lowest BCUT2D eigenvalue weighted by atomic mass is 10.3. The Morgan fingerprint density at radius 3 is 2.70 bits per heavy atom. The number of thioether (sulfide) groups is 1. The molecule has 0 aliphatic rings. The fourth-order valence-corrected chi connectivity index (χ4v) is 3.06. The molecule has 0 saturated carbocycles. The first-order valence-electron chi connectivity index (χ1n) is 7.98. The average Bonchev–Trinajstić information content (AvgIpc) is 2.68. The van der Waals surface area contributed by atoms with Gasteiger partial charge >= 0.3 is 0 Å². The number of aromatic nitrogens is 2. The molecule has 2 aromatic carbocycles. The van der Waals surface area contributed by atoms with E-state index < -0.39 is 0 Å². The van der Waals surface area contributed by atoms with Crippen LogP contribution in [0.4, 0.5) is 10.1 Å². The lowest BCUT2D eigenvalue weighted by Crippen LogP contribution is -2.22. The van der Waals surface area contributed by atoms with Gasteiger partial charge in [-0.2, -0.15) is 0 Å². The van der Waals surface area contributed by atoms with E-state index >= 15 is 0 Å². The van der Waals surface area contributed by atoms with E-state index in [0.717, 1.165) is 11.8 Å². The minimum atomic E-state index is -0.386. The molecule has 0 spiro atoms. The molecule has 8 heteroatoms. The van der Waals surface area contributed by atoms with Crippen LogP contribution in [-0.2, 0) is 4.79 Å². The third-order valence-corrected chi connectivity index (χ3v) is 4.60. The zero-order valence-corrected chi connectivity index (χ0v) is 15.2. The third kappa shape index (κ3) is 4.53. The fourth-order valence-electron chi connectivity index (χ4n) is 2.37. The van der Waals surface area contributed by atoms with Crippen LogP contribution in [0.5, 0.6) is 5.75 Å². The van der Waals surface area contributed by atoms with Crippen molar-refractivity contribution in [1.82, 2.24) is 9.55 Å². The Labute approximate surface area is 159 Å². The summed E-state index contributed by atoms with van der Waals surface area (Å²) in [5.74, 6) is -0.119. The number of carbonyl (C=O) groups excluding carboxylic acids is 1. The molecule has 1 aromatic heterocycles. The number of anilines is 1. The third-order valence-electron chi connectivity index (χ3n) is 3.64.